The van der Waals surface area contributed by atoms with Crippen molar-refractivity contribution in [1.82, 2.24) is 35.0 Å². The third-order valence-corrected chi connectivity index (χ3v) is 10.9. The van der Waals surface area contributed by atoms with Gasteiger partial charge in [0.05, 0.1) is 22.2 Å². The summed E-state index contributed by atoms with van der Waals surface area (Å²) in [4.78, 5) is 38.2. The Morgan fingerprint density at radius 3 is 2.35 bits per heavy atom. The fourth-order valence-corrected chi connectivity index (χ4v) is 8.43. The van der Waals surface area contributed by atoms with E-state index in [1.165, 1.54) is 33.4 Å². The number of hydrogen-bond donors (Lipinski definition) is 2. The number of likely N-dealkylation sites (N-methyl/N-ethyl adjacent to an activating group) is 1. The number of guanidine groups is 1. The third-order valence-electron chi connectivity index (χ3n) is 10.6. The summed E-state index contributed by atoms with van der Waals surface area (Å²) in [5.41, 5.74) is 4.56. The summed E-state index contributed by atoms with van der Waals surface area (Å²) in [6, 6.07) is 10.7. The first-order valence-corrected chi connectivity index (χ1v) is 17.6. The number of nitrogens with one attached hydrogen (secondary N) is 1. The number of benzene rings is 2. The number of carbonyl (C=O) groups is 2. The van der Waals surface area contributed by atoms with Crippen molar-refractivity contribution in [3.63, 3.8) is 0 Å². The smallest absolute Gasteiger partial charge is 0.407 e. The quantitative estimate of drug-likeness (QED) is 0.179. The Hall–Kier alpha value is -4.77. The van der Waals surface area contributed by atoms with Gasteiger partial charge in [-0.2, -0.15) is 27.1 Å². The molecule has 3 aromatic rings. The molecule has 288 valence electrons. The number of carbonyl (C=O) groups excluding carboxylic acids is 2. The molecule has 8 rings (SSSR count). The van der Waals surface area contributed by atoms with Crippen LogP contribution in [0, 0.1) is 10.8 Å². The monoisotopic (exact) mass is 775 g/mol. The van der Waals surface area contributed by atoms with Gasteiger partial charge < -0.3 is 15.8 Å². The number of amides is 2. The number of rotatable bonds is 10. The van der Waals surface area contributed by atoms with E-state index in [9.17, 15) is 31.5 Å². The van der Waals surface area contributed by atoms with Crippen molar-refractivity contribution in [1.29, 1.82) is 0 Å². The third kappa shape index (κ3) is 6.44. The standard InChI is InChI=1S/C36H39ClF5N9O3/c1-32(2,3)15-35(24-8-5-21(6-9-24)23-12-48(4)50(13-23)29(38)39)28(52)51(30(43)46-35)27(22-7-10-25(37)26(11-22)49-20-44-19-45-49)14-54-31(53)47-34-16-33(17-34,18-34)36(40,41)42/h5-11,13,19-20,27,29H,12,14-18H2,1-4H3,(H2,43,46)(H,47,53)/t27-,33?,34?,35-/m1/s1. The summed E-state index contributed by atoms with van der Waals surface area (Å²) in [5, 5.41) is 9.32. The van der Waals surface area contributed by atoms with Crippen LogP contribution in [0.2, 0.25) is 5.02 Å². The Balaban J connectivity index is 1.21. The number of nitrogens with zero attached hydrogens (tertiary/aromatic N) is 7. The van der Waals surface area contributed by atoms with Crippen molar-refractivity contribution in [2.75, 3.05) is 20.2 Å². The fraction of sp³-hybridized carbons (Fsp3) is 0.472. The minimum atomic E-state index is -4.35. The van der Waals surface area contributed by atoms with E-state index in [0.717, 1.165) is 5.01 Å². The summed E-state index contributed by atoms with van der Waals surface area (Å²) in [6.07, 6.45) is -1.62. The lowest BCUT2D eigenvalue weighted by molar-refractivity contribution is -0.337. The molecule has 0 spiro atoms. The van der Waals surface area contributed by atoms with Gasteiger partial charge in [-0.25, -0.2) is 24.5 Å². The molecule has 12 nitrogen and oxygen atoms in total. The van der Waals surface area contributed by atoms with E-state index < -0.39 is 59.3 Å². The molecule has 3 aliphatic carbocycles. The second kappa shape index (κ2) is 12.9. The second-order valence-electron chi connectivity index (χ2n) is 15.8. The highest BCUT2D eigenvalue weighted by Gasteiger charge is 2.79. The normalized spacial score (nSPS) is 26.0. The molecule has 2 amide bonds. The van der Waals surface area contributed by atoms with Crippen molar-refractivity contribution >= 4 is 35.1 Å². The molecule has 0 radical (unpaired) electrons. The maximum Gasteiger partial charge on any atom is 0.407 e. The predicted octanol–water partition coefficient (Wildman–Crippen LogP) is 6.39. The minimum Gasteiger partial charge on any atom is -0.447 e. The zero-order chi connectivity index (χ0) is 39.0. The Morgan fingerprint density at radius 1 is 1.09 bits per heavy atom. The first kappa shape index (κ1) is 37.5. The van der Waals surface area contributed by atoms with Crippen molar-refractivity contribution in [3.05, 3.63) is 83.0 Å². The molecule has 0 saturated heterocycles. The van der Waals surface area contributed by atoms with Crippen molar-refractivity contribution in [3.8, 4) is 5.69 Å². The number of hydrogen-bond acceptors (Lipinski definition) is 9. The predicted molar refractivity (Wildman–Crippen MR) is 188 cm³/mol. The van der Waals surface area contributed by atoms with Gasteiger partial charge >= 0.3 is 18.8 Å². The molecule has 3 saturated carbocycles. The first-order valence-electron chi connectivity index (χ1n) is 17.2. The Labute approximate surface area is 312 Å². The topological polar surface area (TPSA) is 134 Å². The molecular formula is C36H39ClF5N9O3. The average Bonchev–Trinajstić information content (AvgIpc) is 3.77. The molecule has 54 heavy (non-hydrogen) atoms. The van der Waals surface area contributed by atoms with Gasteiger partial charge in [0, 0.05) is 25.3 Å². The largest absolute Gasteiger partial charge is 0.447 e. The molecule has 3 N–H and O–H groups in total. The van der Waals surface area contributed by atoms with Crippen molar-refractivity contribution in [2.24, 2.45) is 21.6 Å². The van der Waals surface area contributed by atoms with Crippen molar-refractivity contribution < 1.29 is 36.3 Å². The van der Waals surface area contributed by atoms with Crippen LogP contribution in [0.4, 0.5) is 26.7 Å². The summed E-state index contributed by atoms with van der Waals surface area (Å²) in [5.74, 6) is -0.664. The molecule has 0 unspecified atom stereocenters. The minimum absolute atomic E-state index is 0.154. The van der Waals surface area contributed by atoms with E-state index in [-0.39, 0.29) is 38.2 Å². The van der Waals surface area contributed by atoms with Gasteiger partial charge in [-0.05, 0) is 65.5 Å². The highest BCUT2D eigenvalue weighted by atomic mass is 35.5. The Bertz CT molecular complexity index is 2000. The number of aromatic nitrogens is 3. The lowest BCUT2D eigenvalue weighted by Crippen LogP contribution is -2.78. The van der Waals surface area contributed by atoms with Crippen LogP contribution in [0.15, 0.2) is 66.3 Å². The molecule has 2 atom stereocenters. The SMILES string of the molecule is CN1CC(c2ccc([C@@]3(CC(C)(C)C)N=C(N)N([C@H](COC(=O)NC45CC(C(F)(F)F)(C4)C5)c4ccc(Cl)c(-n5cncn5)c4)C3=O)cc2)=CN1C(F)F. The summed E-state index contributed by atoms with van der Waals surface area (Å²) >= 11 is 6.53. The van der Waals surface area contributed by atoms with Gasteiger partial charge in [0.1, 0.15) is 19.3 Å². The summed E-state index contributed by atoms with van der Waals surface area (Å²) < 4.78 is 74.5. The second-order valence-corrected chi connectivity index (χ2v) is 16.2. The highest BCUT2D eigenvalue weighted by molar-refractivity contribution is 6.32. The molecule has 3 fully saturated rings. The number of ether oxygens (including phenoxy) is 1. The maximum absolute atomic E-state index is 15.0. The van der Waals surface area contributed by atoms with E-state index in [2.05, 4.69) is 15.4 Å². The molecule has 3 heterocycles. The van der Waals surface area contributed by atoms with Crippen LogP contribution >= 0.6 is 11.6 Å². The maximum atomic E-state index is 15.0. The summed E-state index contributed by atoms with van der Waals surface area (Å²) in [7, 11) is 1.56. The zero-order valence-corrected chi connectivity index (χ0v) is 30.6. The number of nitrogens with two attached hydrogens (primary N) is 1. The summed E-state index contributed by atoms with van der Waals surface area (Å²) in [6.45, 7) is 2.95. The van der Waals surface area contributed by atoms with E-state index in [0.29, 0.717) is 33.0 Å². The van der Waals surface area contributed by atoms with E-state index in [4.69, 9.17) is 27.1 Å². The van der Waals surface area contributed by atoms with Gasteiger partial charge in [0.25, 0.3) is 5.91 Å². The lowest BCUT2D eigenvalue weighted by atomic mass is 9.39. The molecular weight excluding hydrogens is 737 g/mol. The van der Waals surface area contributed by atoms with Gasteiger partial charge in [0.15, 0.2) is 11.5 Å². The van der Waals surface area contributed by atoms with Crippen LogP contribution in [-0.4, -0.2) is 86.1 Å². The fourth-order valence-electron chi connectivity index (χ4n) is 8.23. The van der Waals surface area contributed by atoms with E-state index in [1.54, 1.807) is 49.5 Å². The van der Waals surface area contributed by atoms with Crippen LogP contribution in [0.1, 0.15) is 69.2 Å². The molecule has 2 aromatic carbocycles. The van der Waals surface area contributed by atoms with Crippen molar-refractivity contribution in [2.45, 2.75) is 76.3 Å². The van der Waals surface area contributed by atoms with Gasteiger partial charge in [0.2, 0.25) is 0 Å². The molecule has 18 heteroatoms. The number of alkyl carbamates (subject to hydrolysis) is 1. The van der Waals surface area contributed by atoms with Gasteiger partial charge in [-0.15, -0.1) is 0 Å². The number of halogens is 6. The van der Waals surface area contributed by atoms with Gasteiger partial charge in [-0.3, -0.25) is 14.7 Å². The van der Waals surface area contributed by atoms with E-state index in [1.807, 2.05) is 20.8 Å². The van der Waals surface area contributed by atoms with Crippen LogP contribution < -0.4 is 11.1 Å². The van der Waals surface area contributed by atoms with E-state index >= 15 is 0 Å². The Morgan fingerprint density at radius 2 is 1.78 bits per heavy atom. The first-order chi connectivity index (χ1) is 25.3. The zero-order valence-electron chi connectivity index (χ0n) is 29.9. The molecule has 2 bridgehead atoms. The van der Waals surface area contributed by atoms with Gasteiger partial charge in [-0.1, -0.05) is 62.7 Å². The number of alkyl halides is 5. The van der Waals surface area contributed by atoms with Crippen LogP contribution in [0.5, 0.6) is 0 Å². The van der Waals surface area contributed by atoms with Crippen LogP contribution in [0.25, 0.3) is 11.3 Å². The van der Waals surface area contributed by atoms with Crippen LogP contribution in [-0.2, 0) is 15.1 Å². The number of aliphatic imine (C=N–C) groups is 1. The highest BCUT2D eigenvalue weighted by Crippen LogP contribution is 2.73. The molecule has 2 aliphatic heterocycles. The average molecular weight is 776 g/mol. The van der Waals surface area contributed by atoms with Crippen LogP contribution in [0.3, 0.4) is 0 Å². The molecule has 5 aliphatic rings. The lowest BCUT2D eigenvalue weighted by Gasteiger charge is -2.69. The molecule has 1 aromatic heterocycles. The number of hydrazine groups is 1. The Kier molecular flexibility index (Phi) is 8.99.